The number of carbonyl (C=O) groups is 2. The van der Waals surface area contributed by atoms with Crippen LogP contribution in [0.1, 0.15) is 19.4 Å². The van der Waals surface area contributed by atoms with Gasteiger partial charge in [-0.15, -0.1) is 0 Å². The molecule has 2 rings (SSSR count). The average Bonchev–Trinajstić information content (AvgIpc) is 2.59. The molecule has 1 unspecified atom stereocenters. The van der Waals surface area contributed by atoms with Crippen molar-refractivity contribution in [2.45, 2.75) is 24.7 Å². The number of carbonyl (C=O) groups excluding carboxylic acids is 2. The molecular weight excluding hydrogens is 370 g/mol. The molecule has 0 spiro atoms. The van der Waals surface area contributed by atoms with Gasteiger partial charge in [0.1, 0.15) is 5.75 Å². The van der Waals surface area contributed by atoms with Crippen molar-refractivity contribution >= 4 is 33.3 Å². The van der Waals surface area contributed by atoms with Crippen molar-refractivity contribution in [2.75, 3.05) is 12.0 Å². The Hall–Kier alpha value is -2.14. The average molecular weight is 390 g/mol. The molecule has 0 heterocycles. The molecule has 0 aliphatic rings. The van der Waals surface area contributed by atoms with E-state index in [1.807, 2.05) is 48.5 Å². The normalized spacial score (nSPS) is 13.0. The predicted octanol–water partition coefficient (Wildman–Crippen LogP) is 3.97. The van der Waals surface area contributed by atoms with Gasteiger partial charge in [0.15, 0.2) is 10.1 Å². The van der Waals surface area contributed by atoms with Gasteiger partial charge < -0.3 is 9.64 Å². The molecule has 2 aromatic rings. The monoisotopic (exact) mass is 389 g/mol. The smallest absolute Gasteiger partial charge is 0.251 e. The zero-order valence-electron chi connectivity index (χ0n) is 14.0. The van der Waals surface area contributed by atoms with Crippen LogP contribution in [-0.4, -0.2) is 23.1 Å². The molecule has 1 amide bonds. The Morgan fingerprint density at radius 2 is 1.67 bits per heavy atom. The third-order valence-electron chi connectivity index (χ3n) is 3.87. The van der Waals surface area contributed by atoms with Crippen molar-refractivity contribution in [3.05, 3.63) is 60.2 Å². The number of ether oxygens (including phenoxy) is 1. The second-order valence-electron chi connectivity index (χ2n) is 5.61. The molecule has 126 valence electrons. The number of anilines is 1. The fourth-order valence-corrected chi connectivity index (χ4v) is 2.50. The van der Waals surface area contributed by atoms with Gasteiger partial charge in [-0.25, -0.2) is 0 Å². The van der Waals surface area contributed by atoms with Crippen LogP contribution in [-0.2, 0) is 16.1 Å². The lowest BCUT2D eigenvalue weighted by Gasteiger charge is -2.30. The van der Waals surface area contributed by atoms with E-state index >= 15 is 0 Å². The maximum atomic E-state index is 13.1. The molecular formula is C19H20BrNO3. The van der Waals surface area contributed by atoms with Crippen molar-refractivity contribution in [3.63, 3.8) is 0 Å². The first-order valence-electron chi connectivity index (χ1n) is 7.56. The standard InChI is InChI=1S/C19H20BrNO3/c1-14(22)19(2,20)18(23)21(13-15-9-5-4-6-10-15)16-11-7-8-12-17(16)24-3/h4-12H,13H2,1-3H3. The number of halogens is 1. The Labute approximate surface area is 150 Å². The third-order valence-corrected chi connectivity index (χ3v) is 4.76. The SMILES string of the molecule is COc1ccccc1N(Cc1ccccc1)C(=O)C(C)(Br)C(C)=O. The highest BCUT2D eigenvalue weighted by atomic mass is 79.9. The molecule has 0 fully saturated rings. The van der Waals surface area contributed by atoms with E-state index in [4.69, 9.17) is 4.74 Å². The second kappa shape index (κ2) is 7.62. The van der Waals surface area contributed by atoms with Gasteiger partial charge in [0, 0.05) is 0 Å². The summed E-state index contributed by atoms with van der Waals surface area (Å²) in [4.78, 5) is 26.6. The van der Waals surface area contributed by atoms with E-state index in [0.717, 1.165) is 5.56 Å². The topological polar surface area (TPSA) is 46.6 Å². The number of benzene rings is 2. The highest BCUT2D eigenvalue weighted by Crippen LogP contribution is 2.33. The summed E-state index contributed by atoms with van der Waals surface area (Å²) >= 11 is 3.29. The minimum absolute atomic E-state index is 0.250. The van der Waals surface area contributed by atoms with E-state index in [-0.39, 0.29) is 11.7 Å². The van der Waals surface area contributed by atoms with E-state index in [0.29, 0.717) is 18.0 Å². The van der Waals surface area contributed by atoms with Crippen LogP contribution in [0.4, 0.5) is 5.69 Å². The van der Waals surface area contributed by atoms with Gasteiger partial charge in [0.05, 0.1) is 19.3 Å². The minimum atomic E-state index is -1.29. The Morgan fingerprint density at radius 3 is 2.25 bits per heavy atom. The fourth-order valence-electron chi connectivity index (χ4n) is 2.29. The van der Waals surface area contributed by atoms with Crippen LogP contribution in [0.15, 0.2) is 54.6 Å². The number of methoxy groups -OCH3 is 1. The molecule has 0 N–H and O–H groups in total. The summed E-state index contributed by atoms with van der Waals surface area (Å²) in [6, 6.07) is 16.9. The summed E-state index contributed by atoms with van der Waals surface area (Å²) in [5.41, 5.74) is 1.59. The fraction of sp³-hybridized carbons (Fsp3) is 0.263. The van der Waals surface area contributed by atoms with Crippen LogP contribution in [0.2, 0.25) is 0 Å². The van der Waals surface area contributed by atoms with E-state index in [2.05, 4.69) is 15.9 Å². The number of Topliss-reactive ketones (excluding diaryl/α,β-unsaturated/α-hetero) is 1. The molecule has 0 aromatic heterocycles. The summed E-state index contributed by atoms with van der Waals surface area (Å²) in [6.45, 7) is 3.31. The summed E-state index contributed by atoms with van der Waals surface area (Å²) in [5, 5.41) is 0. The van der Waals surface area contributed by atoms with Gasteiger partial charge in [-0.3, -0.25) is 9.59 Å². The molecule has 4 nitrogen and oxygen atoms in total. The first-order valence-corrected chi connectivity index (χ1v) is 8.36. The number of nitrogens with zero attached hydrogens (tertiary/aromatic N) is 1. The quantitative estimate of drug-likeness (QED) is 0.554. The molecule has 1 atom stereocenters. The summed E-state index contributed by atoms with van der Waals surface area (Å²) in [7, 11) is 1.56. The first-order chi connectivity index (χ1) is 11.4. The van der Waals surface area contributed by atoms with Gasteiger partial charge in [0.2, 0.25) is 0 Å². The summed E-state index contributed by atoms with van der Waals surface area (Å²) in [6.07, 6.45) is 0. The van der Waals surface area contributed by atoms with Gasteiger partial charge >= 0.3 is 0 Å². The summed E-state index contributed by atoms with van der Waals surface area (Å²) < 4.78 is 4.10. The lowest BCUT2D eigenvalue weighted by molar-refractivity contribution is -0.128. The molecule has 0 aliphatic carbocycles. The van der Waals surface area contributed by atoms with Crippen LogP contribution in [0.5, 0.6) is 5.75 Å². The van der Waals surface area contributed by atoms with Gasteiger partial charge in [-0.1, -0.05) is 58.4 Å². The Kier molecular flexibility index (Phi) is 5.78. The largest absolute Gasteiger partial charge is 0.495 e. The van der Waals surface area contributed by atoms with Gasteiger partial charge in [-0.05, 0) is 31.5 Å². The lowest BCUT2D eigenvalue weighted by atomic mass is 10.0. The van der Waals surface area contributed by atoms with Gasteiger partial charge in [0.25, 0.3) is 5.91 Å². The minimum Gasteiger partial charge on any atom is -0.495 e. The molecule has 0 saturated heterocycles. The number of alkyl halides is 1. The number of hydrogen-bond donors (Lipinski definition) is 0. The van der Waals surface area contributed by atoms with Crippen LogP contribution in [0, 0.1) is 0 Å². The van der Waals surface area contributed by atoms with Crippen molar-refractivity contribution in [3.8, 4) is 5.75 Å². The second-order valence-corrected chi connectivity index (χ2v) is 7.19. The maximum Gasteiger partial charge on any atom is 0.251 e. The zero-order valence-corrected chi connectivity index (χ0v) is 15.5. The van der Waals surface area contributed by atoms with Crippen molar-refractivity contribution in [1.29, 1.82) is 0 Å². The molecule has 24 heavy (non-hydrogen) atoms. The van der Waals surface area contributed by atoms with Crippen molar-refractivity contribution in [2.24, 2.45) is 0 Å². The molecule has 0 saturated carbocycles. The number of amides is 1. The van der Waals surface area contributed by atoms with E-state index in [1.165, 1.54) is 6.92 Å². The molecule has 5 heteroatoms. The molecule has 2 aromatic carbocycles. The van der Waals surface area contributed by atoms with E-state index in [9.17, 15) is 9.59 Å². The highest BCUT2D eigenvalue weighted by molar-refractivity contribution is 9.10. The van der Waals surface area contributed by atoms with Crippen LogP contribution in [0.25, 0.3) is 0 Å². The predicted molar refractivity (Wildman–Crippen MR) is 98.6 cm³/mol. The van der Waals surface area contributed by atoms with E-state index < -0.39 is 4.32 Å². The first kappa shape index (κ1) is 18.2. The van der Waals surface area contributed by atoms with E-state index in [1.54, 1.807) is 25.0 Å². The number of ketones is 1. The Balaban J connectivity index is 2.49. The van der Waals surface area contributed by atoms with Crippen LogP contribution < -0.4 is 9.64 Å². The van der Waals surface area contributed by atoms with Crippen molar-refractivity contribution < 1.29 is 14.3 Å². The third kappa shape index (κ3) is 3.85. The number of para-hydroxylation sites is 2. The van der Waals surface area contributed by atoms with Crippen LogP contribution in [0.3, 0.4) is 0 Å². The Bertz CT molecular complexity index is 728. The lowest BCUT2D eigenvalue weighted by Crippen LogP contribution is -2.47. The van der Waals surface area contributed by atoms with Crippen molar-refractivity contribution in [1.82, 2.24) is 0 Å². The zero-order chi connectivity index (χ0) is 17.7. The highest BCUT2D eigenvalue weighted by Gasteiger charge is 2.39. The van der Waals surface area contributed by atoms with Crippen LogP contribution >= 0.6 is 15.9 Å². The maximum absolute atomic E-state index is 13.1. The molecule has 0 aliphatic heterocycles. The number of rotatable bonds is 6. The molecule has 0 bridgehead atoms. The Morgan fingerprint density at radius 1 is 1.08 bits per heavy atom. The molecule has 0 radical (unpaired) electrons. The summed E-state index contributed by atoms with van der Waals surface area (Å²) in [5.74, 6) is -0.00236. The number of hydrogen-bond acceptors (Lipinski definition) is 3. The van der Waals surface area contributed by atoms with Gasteiger partial charge in [-0.2, -0.15) is 0 Å².